The minimum Gasteiger partial charge on any atom is -0.352 e. The lowest BCUT2D eigenvalue weighted by Gasteiger charge is -2.09. The summed E-state index contributed by atoms with van der Waals surface area (Å²) in [6, 6.07) is 15.0. The molecule has 1 heterocycles. The Morgan fingerprint density at radius 1 is 1.00 bits per heavy atom. The first-order valence-electron chi connectivity index (χ1n) is 7.90. The van der Waals surface area contributed by atoms with Crippen molar-refractivity contribution in [2.24, 2.45) is 0 Å². The number of nitrogens with one attached hydrogen (secondary N) is 3. The second kappa shape index (κ2) is 7.00. The minimum atomic E-state index is -0.407. The van der Waals surface area contributed by atoms with Crippen molar-refractivity contribution in [3.05, 3.63) is 76.1 Å². The average Bonchev–Trinajstić information content (AvgIpc) is 2.61. The number of amides is 2. The van der Waals surface area contributed by atoms with E-state index in [-0.39, 0.29) is 17.0 Å². The predicted octanol–water partition coefficient (Wildman–Crippen LogP) is 2.53. The van der Waals surface area contributed by atoms with Gasteiger partial charge < -0.3 is 15.6 Å². The van der Waals surface area contributed by atoms with Crippen LogP contribution in [-0.4, -0.2) is 23.3 Å². The van der Waals surface area contributed by atoms with Crippen LogP contribution in [0, 0.1) is 0 Å². The molecule has 0 aliphatic carbocycles. The molecule has 0 saturated carbocycles. The average molecular weight is 335 g/mol. The number of anilines is 1. The van der Waals surface area contributed by atoms with Crippen LogP contribution in [0.15, 0.2) is 59.4 Å². The highest BCUT2D eigenvalue weighted by Crippen LogP contribution is 2.17. The number of aromatic amines is 1. The van der Waals surface area contributed by atoms with Crippen molar-refractivity contribution < 1.29 is 9.59 Å². The molecule has 0 radical (unpaired) electrons. The zero-order valence-corrected chi connectivity index (χ0v) is 13.6. The highest BCUT2D eigenvalue weighted by atomic mass is 16.2. The first-order chi connectivity index (χ1) is 12.1. The normalized spacial score (nSPS) is 10.4. The van der Waals surface area contributed by atoms with Gasteiger partial charge in [-0.05, 0) is 31.2 Å². The van der Waals surface area contributed by atoms with Crippen LogP contribution in [0.1, 0.15) is 27.6 Å². The summed E-state index contributed by atoms with van der Waals surface area (Å²) >= 11 is 0. The Labute approximate surface area is 143 Å². The number of hydrogen-bond donors (Lipinski definition) is 3. The third-order valence-corrected chi connectivity index (χ3v) is 3.72. The molecular formula is C19H17N3O3. The van der Waals surface area contributed by atoms with E-state index in [1.807, 2.05) is 6.92 Å². The van der Waals surface area contributed by atoms with Gasteiger partial charge in [0, 0.05) is 34.8 Å². The summed E-state index contributed by atoms with van der Waals surface area (Å²) in [5.41, 5.74) is 1.47. The van der Waals surface area contributed by atoms with Gasteiger partial charge in [0.25, 0.3) is 11.8 Å². The van der Waals surface area contributed by atoms with Crippen LogP contribution in [0.2, 0.25) is 0 Å². The van der Waals surface area contributed by atoms with Gasteiger partial charge in [0.05, 0.1) is 5.56 Å². The SMILES string of the molecule is CCNC(=O)c1cccc(NC(=O)c2cc(=O)[nH]c3ccccc23)c1. The van der Waals surface area contributed by atoms with Gasteiger partial charge in [0.15, 0.2) is 0 Å². The largest absolute Gasteiger partial charge is 0.352 e. The first-order valence-corrected chi connectivity index (χ1v) is 7.90. The van der Waals surface area contributed by atoms with Crippen molar-refractivity contribution in [1.29, 1.82) is 0 Å². The summed E-state index contributed by atoms with van der Waals surface area (Å²) < 4.78 is 0. The lowest BCUT2D eigenvalue weighted by atomic mass is 10.1. The maximum Gasteiger partial charge on any atom is 0.256 e. The van der Waals surface area contributed by atoms with E-state index in [9.17, 15) is 14.4 Å². The Bertz CT molecular complexity index is 1010. The number of rotatable bonds is 4. The molecule has 0 spiro atoms. The number of pyridine rings is 1. The first kappa shape index (κ1) is 16.4. The number of hydrogen-bond acceptors (Lipinski definition) is 3. The Kier molecular flexibility index (Phi) is 4.61. The molecule has 0 aliphatic rings. The topological polar surface area (TPSA) is 91.1 Å². The smallest absolute Gasteiger partial charge is 0.256 e. The minimum absolute atomic E-state index is 0.208. The fourth-order valence-corrected chi connectivity index (χ4v) is 2.59. The molecular weight excluding hydrogens is 318 g/mol. The quantitative estimate of drug-likeness (QED) is 0.684. The molecule has 2 aromatic carbocycles. The standard InChI is InChI=1S/C19H17N3O3/c1-2-20-18(24)12-6-5-7-13(10-12)21-19(25)15-11-17(23)22-16-9-4-3-8-14(15)16/h3-11H,2H2,1H3,(H,20,24)(H,21,25)(H,22,23). The van der Waals surface area contributed by atoms with E-state index in [0.29, 0.717) is 28.7 Å². The molecule has 0 aliphatic heterocycles. The molecule has 1 aromatic heterocycles. The maximum atomic E-state index is 12.6. The van der Waals surface area contributed by atoms with E-state index < -0.39 is 5.91 Å². The second-order valence-corrected chi connectivity index (χ2v) is 5.49. The number of aromatic nitrogens is 1. The molecule has 2 amide bonds. The zero-order valence-electron chi connectivity index (χ0n) is 13.6. The maximum absolute atomic E-state index is 12.6. The zero-order chi connectivity index (χ0) is 17.8. The number of carbonyl (C=O) groups is 2. The van der Waals surface area contributed by atoms with E-state index in [4.69, 9.17) is 0 Å². The Hall–Kier alpha value is -3.41. The molecule has 0 bridgehead atoms. The van der Waals surface area contributed by atoms with E-state index in [2.05, 4.69) is 15.6 Å². The molecule has 3 rings (SSSR count). The van der Waals surface area contributed by atoms with Crippen LogP contribution in [-0.2, 0) is 0 Å². The van der Waals surface area contributed by atoms with Gasteiger partial charge in [0.2, 0.25) is 5.56 Å². The highest BCUT2D eigenvalue weighted by molar-refractivity contribution is 6.12. The molecule has 0 atom stereocenters. The van der Waals surface area contributed by atoms with Gasteiger partial charge >= 0.3 is 0 Å². The van der Waals surface area contributed by atoms with Crippen molar-refractivity contribution in [3.8, 4) is 0 Å². The molecule has 25 heavy (non-hydrogen) atoms. The molecule has 0 fully saturated rings. The molecule has 0 saturated heterocycles. The Morgan fingerprint density at radius 2 is 1.80 bits per heavy atom. The molecule has 3 aromatic rings. The van der Waals surface area contributed by atoms with Crippen LogP contribution in [0.5, 0.6) is 0 Å². The highest BCUT2D eigenvalue weighted by Gasteiger charge is 2.13. The van der Waals surface area contributed by atoms with E-state index >= 15 is 0 Å². The van der Waals surface area contributed by atoms with E-state index in [1.165, 1.54) is 6.07 Å². The molecule has 3 N–H and O–H groups in total. The number of fused-ring (bicyclic) bond motifs is 1. The number of benzene rings is 2. The van der Waals surface area contributed by atoms with Crippen molar-refractivity contribution in [2.45, 2.75) is 6.92 Å². The van der Waals surface area contributed by atoms with Gasteiger partial charge in [-0.15, -0.1) is 0 Å². The second-order valence-electron chi connectivity index (χ2n) is 5.49. The molecule has 0 unspecified atom stereocenters. The number of carbonyl (C=O) groups excluding carboxylic acids is 2. The van der Waals surface area contributed by atoms with Crippen LogP contribution < -0.4 is 16.2 Å². The summed E-state index contributed by atoms with van der Waals surface area (Å²) in [5, 5.41) is 6.10. The summed E-state index contributed by atoms with van der Waals surface area (Å²) in [6.45, 7) is 2.36. The van der Waals surface area contributed by atoms with Crippen molar-refractivity contribution in [1.82, 2.24) is 10.3 Å². The van der Waals surface area contributed by atoms with Gasteiger partial charge in [-0.25, -0.2) is 0 Å². The third-order valence-electron chi connectivity index (χ3n) is 3.72. The Balaban J connectivity index is 1.92. The van der Waals surface area contributed by atoms with Crippen molar-refractivity contribution in [3.63, 3.8) is 0 Å². The van der Waals surface area contributed by atoms with Crippen LogP contribution in [0.25, 0.3) is 10.9 Å². The number of H-pyrrole nitrogens is 1. The van der Waals surface area contributed by atoms with Crippen molar-refractivity contribution >= 4 is 28.4 Å². The van der Waals surface area contributed by atoms with E-state index in [0.717, 1.165) is 0 Å². The van der Waals surface area contributed by atoms with Gasteiger partial charge in [-0.2, -0.15) is 0 Å². The molecule has 126 valence electrons. The van der Waals surface area contributed by atoms with Crippen LogP contribution >= 0.6 is 0 Å². The summed E-state index contributed by atoms with van der Waals surface area (Å²) in [7, 11) is 0. The van der Waals surface area contributed by atoms with Gasteiger partial charge in [0.1, 0.15) is 0 Å². The third kappa shape index (κ3) is 3.58. The fourth-order valence-electron chi connectivity index (χ4n) is 2.59. The lowest BCUT2D eigenvalue weighted by molar-refractivity contribution is 0.0954. The van der Waals surface area contributed by atoms with Crippen LogP contribution in [0.4, 0.5) is 5.69 Å². The summed E-state index contributed by atoms with van der Waals surface area (Å²) in [5.74, 6) is -0.615. The monoisotopic (exact) mass is 335 g/mol. The predicted molar refractivity (Wildman–Crippen MR) is 97.0 cm³/mol. The summed E-state index contributed by atoms with van der Waals surface area (Å²) in [6.07, 6.45) is 0. The van der Waals surface area contributed by atoms with Crippen molar-refractivity contribution in [2.75, 3.05) is 11.9 Å². The lowest BCUT2D eigenvalue weighted by Crippen LogP contribution is -2.23. The fraction of sp³-hybridized carbons (Fsp3) is 0.105. The van der Waals surface area contributed by atoms with Gasteiger partial charge in [-0.1, -0.05) is 24.3 Å². The molecule has 6 heteroatoms. The number of para-hydroxylation sites is 1. The van der Waals surface area contributed by atoms with Crippen LogP contribution in [0.3, 0.4) is 0 Å². The molecule has 6 nitrogen and oxygen atoms in total. The van der Waals surface area contributed by atoms with Gasteiger partial charge in [-0.3, -0.25) is 14.4 Å². The Morgan fingerprint density at radius 3 is 2.60 bits per heavy atom. The summed E-state index contributed by atoms with van der Waals surface area (Å²) in [4.78, 5) is 39.0. The van der Waals surface area contributed by atoms with E-state index in [1.54, 1.807) is 48.5 Å².